The Morgan fingerprint density at radius 2 is 1.90 bits per heavy atom. The summed E-state index contributed by atoms with van der Waals surface area (Å²) in [6, 6.07) is 14.4. The first kappa shape index (κ1) is 15.4. The number of carboxylic acid groups (broad SMARTS) is 1. The second-order valence-corrected chi connectivity index (χ2v) is 5.71. The van der Waals surface area contributed by atoms with E-state index in [-0.39, 0.29) is 0 Å². The van der Waals surface area contributed by atoms with Gasteiger partial charge in [-0.05, 0) is 42.8 Å². The second-order valence-electron chi connectivity index (χ2n) is 4.79. The molecule has 21 heavy (non-hydrogen) atoms. The van der Waals surface area contributed by atoms with E-state index >= 15 is 0 Å². The Morgan fingerprint density at radius 1 is 1.24 bits per heavy atom. The van der Waals surface area contributed by atoms with Crippen molar-refractivity contribution in [2.45, 2.75) is 12.5 Å². The number of carboxylic acids is 1. The third-order valence-corrected chi connectivity index (χ3v) is 3.81. The Kier molecular flexibility index (Phi) is 4.53. The molecule has 110 valence electrons. The fourth-order valence-corrected chi connectivity index (χ4v) is 2.43. The molecule has 0 amide bonds. The SMILES string of the molecule is COc1ccc(C(C)(Nc2cccc(Br)c2)C(=O)O)cc1. The van der Waals surface area contributed by atoms with E-state index in [0.29, 0.717) is 11.3 Å². The predicted molar refractivity (Wildman–Crippen MR) is 85.7 cm³/mol. The Morgan fingerprint density at radius 3 is 2.43 bits per heavy atom. The zero-order chi connectivity index (χ0) is 15.5. The van der Waals surface area contributed by atoms with Gasteiger partial charge in [0, 0.05) is 10.2 Å². The summed E-state index contributed by atoms with van der Waals surface area (Å²) in [6.45, 7) is 1.64. The monoisotopic (exact) mass is 349 g/mol. The first-order valence-electron chi connectivity index (χ1n) is 6.37. The van der Waals surface area contributed by atoms with E-state index in [1.165, 1.54) is 0 Å². The van der Waals surface area contributed by atoms with Crippen molar-refractivity contribution in [3.63, 3.8) is 0 Å². The summed E-state index contributed by atoms with van der Waals surface area (Å²) in [5.74, 6) is -0.262. The van der Waals surface area contributed by atoms with E-state index in [4.69, 9.17) is 4.74 Å². The summed E-state index contributed by atoms with van der Waals surface area (Å²) in [5.41, 5.74) is 0.147. The molecular weight excluding hydrogens is 334 g/mol. The topological polar surface area (TPSA) is 58.6 Å². The van der Waals surface area contributed by atoms with Crippen LogP contribution in [0.1, 0.15) is 12.5 Å². The number of halogens is 1. The van der Waals surface area contributed by atoms with E-state index in [9.17, 15) is 9.90 Å². The van der Waals surface area contributed by atoms with Gasteiger partial charge >= 0.3 is 5.97 Å². The van der Waals surface area contributed by atoms with Gasteiger partial charge in [0.15, 0.2) is 5.54 Å². The first-order valence-corrected chi connectivity index (χ1v) is 7.16. The molecule has 0 aliphatic carbocycles. The maximum atomic E-state index is 11.8. The van der Waals surface area contributed by atoms with Crippen LogP contribution in [0, 0.1) is 0 Å². The average Bonchev–Trinajstić information content (AvgIpc) is 2.47. The molecule has 5 heteroatoms. The number of benzene rings is 2. The average molecular weight is 350 g/mol. The van der Waals surface area contributed by atoms with Gasteiger partial charge in [-0.1, -0.05) is 34.1 Å². The molecule has 0 spiro atoms. The molecule has 1 unspecified atom stereocenters. The number of aliphatic carboxylic acids is 1. The Balaban J connectivity index is 2.37. The Labute approximate surface area is 131 Å². The van der Waals surface area contributed by atoms with Gasteiger partial charge in [0.05, 0.1) is 7.11 Å². The van der Waals surface area contributed by atoms with E-state index in [1.807, 2.05) is 24.3 Å². The summed E-state index contributed by atoms with van der Waals surface area (Å²) < 4.78 is 5.99. The lowest BCUT2D eigenvalue weighted by Crippen LogP contribution is -2.40. The van der Waals surface area contributed by atoms with Crippen molar-refractivity contribution in [1.29, 1.82) is 0 Å². The van der Waals surface area contributed by atoms with Gasteiger partial charge in [0.25, 0.3) is 0 Å². The maximum absolute atomic E-state index is 11.8. The highest BCUT2D eigenvalue weighted by Gasteiger charge is 2.35. The van der Waals surface area contributed by atoms with Crippen LogP contribution >= 0.6 is 15.9 Å². The molecule has 0 aliphatic heterocycles. The number of nitrogens with one attached hydrogen (secondary N) is 1. The largest absolute Gasteiger partial charge is 0.497 e. The lowest BCUT2D eigenvalue weighted by molar-refractivity contribution is -0.142. The van der Waals surface area contributed by atoms with E-state index < -0.39 is 11.5 Å². The maximum Gasteiger partial charge on any atom is 0.333 e. The summed E-state index contributed by atoms with van der Waals surface area (Å²) in [4.78, 5) is 11.8. The molecule has 0 bridgehead atoms. The van der Waals surface area contributed by atoms with E-state index in [2.05, 4.69) is 21.2 Å². The van der Waals surface area contributed by atoms with Crippen molar-refractivity contribution in [1.82, 2.24) is 0 Å². The van der Waals surface area contributed by atoms with Gasteiger partial charge in [0.2, 0.25) is 0 Å². The van der Waals surface area contributed by atoms with Crippen LogP contribution in [-0.2, 0) is 10.3 Å². The molecule has 1 atom stereocenters. The van der Waals surface area contributed by atoms with E-state index in [1.54, 1.807) is 38.3 Å². The highest BCUT2D eigenvalue weighted by atomic mass is 79.9. The minimum absolute atomic E-state index is 0.649. The van der Waals surface area contributed by atoms with Crippen LogP contribution in [0.25, 0.3) is 0 Å². The molecular formula is C16H16BrNO3. The fourth-order valence-electron chi connectivity index (χ4n) is 2.03. The number of hydrogen-bond donors (Lipinski definition) is 2. The Bertz CT molecular complexity index is 642. The van der Waals surface area contributed by atoms with Crippen molar-refractivity contribution < 1.29 is 14.6 Å². The van der Waals surface area contributed by atoms with Gasteiger partial charge in [-0.15, -0.1) is 0 Å². The normalized spacial score (nSPS) is 13.3. The van der Waals surface area contributed by atoms with E-state index in [0.717, 1.165) is 10.2 Å². The smallest absolute Gasteiger partial charge is 0.333 e. The van der Waals surface area contributed by atoms with Crippen molar-refractivity contribution in [2.24, 2.45) is 0 Å². The number of methoxy groups -OCH3 is 1. The minimum Gasteiger partial charge on any atom is -0.497 e. The molecule has 4 nitrogen and oxygen atoms in total. The molecule has 0 radical (unpaired) electrons. The van der Waals surface area contributed by atoms with Crippen molar-refractivity contribution in [3.8, 4) is 5.75 Å². The molecule has 0 saturated heterocycles. The zero-order valence-electron chi connectivity index (χ0n) is 11.8. The fraction of sp³-hybridized carbons (Fsp3) is 0.188. The first-order chi connectivity index (χ1) is 9.95. The number of ether oxygens (including phenoxy) is 1. The van der Waals surface area contributed by atoms with Crippen LogP contribution in [0.2, 0.25) is 0 Å². The molecule has 2 aromatic rings. The molecule has 0 aliphatic rings. The Hall–Kier alpha value is -2.01. The van der Waals surface area contributed by atoms with Gasteiger partial charge in [-0.25, -0.2) is 4.79 Å². The standard InChI is InChI=1S/C16H16BrNO3/c1-16(15(19)20,11-6-8-14(21-2)9-7-11)18-13-5-3-4-12(17)10-13/h3-10,18H,1-2H3,(H,19,20). The van der Waals surface area contributed by atoms with Gasteiger partial charge in [-0.3, -0.25) is 0 Å². The van der Waals surface area contributed by atoms with Crippen LogP contribution in [0.5, 0.6) is 5.75 Å². The molecule has 0 aromatic heterocycles. The van der Waals surface area contributed by atoms with Crippen molar-refractivity contribution >= 4 is 27.6 Å². The molecule has 0 heterocycles. The number of anilines is 1. The van der Waals surface area contributed by atoms with Crippen LogP contribution in [0.4, 0.5) is 5.69 Å². The van der Waals surface area contributed by atoms with Gasteiger partial charge in [-0.2, -0.15) is 0 Å². The minimum atomic E-state index is -1.23. The van der Waals surface area contributed by atoms with Crippen molar-refractivity contribution in [3.05, 3.63) is 58.6 Å². The molecule has 2 aromatic carbocycles. The van der Waals surface area contributed by atoms with Crippen LogP contribution < -0.4 is 10.1 Å². The van der Waals surface area contributed by atoms with Crippen LogP contribution in [-0.4, -0.2) is 18.2 Å². The van der Waals surface area contributed by atoms with Crippen LogP contribution in [0.15, 0.2) is 53.0 Å². The third-order valence-electron chi connectivity index (χ3n) is 3.31. The zero-order valence-corrected chi connectivity index (χ0v) is 13.3. The quantitative estimate of drug-likeness (QED) is 0.860. The number of rotatable bonds is 5. The lowest BCUT2D eigenvalue weighted by Gasteiger charge is -2.28. The molecule has 0 fully saturated rings. The van der Waals surface area contributed by atoms with Crippen LogP contribution in [0.3, 0.4) is 0 Å². The number of hydrogen-bond acceptors (Lipinski definition) is 3. The predicted octanol–water partition coefficient (Wildman–Crippen LogP) is 3.87. The second kappa shape index (κ2) is 6.18. The third kappa shape index (κ3) is 3.36. The lowest BCUT2D eigenvalue weighted by atomic mass is 9.91. The molecule has 0 saturated carbocycles. The molecule has 2 rings (SSSR count). The van der Waals surface area contributed by atoms with Gasteiger partial charge < -0.3 is 15.2 Å². The summed E-state index contributed by atoms with van der Waals surface area (Å²) in [5, 5.41) is 12.7. The van der Waals surface area contributed by atoms with Crippen molar-refractivity contribution in [2.75, 3.05) is 12.4 Å². The summed E-state index contributed by atoms with van der Waals surface area (Å²) in [7, 11) is 1.57. The highest BCUT2D eigenvalue weighted by molar-refractivity contribution is 9.10. The van der Waals surface area contributed by atoms with Gasteiger partial charge in [0.1, 0.15) is 5.75 Å². The summed E-state index contributed by atoms with van der Waals surface area (Å²) >= 11 is 3.38. The highest BCUT2D eigenvalue weighted by Crippen LogP contribution is 2.29. The number of carbonyl (C=O) groups is 1. The molecule has 2 N–H and O–H groups in total. The summed E-state index contributed by atoms with van der Waals surface area (Å²) in [6.07, 6.45) is 0.